The van der Waals surface area contributed by atoms with Gasteiger partial charge in [0.05, 0.1) is 7.11 Å². The summed E-state index contributed by atoms with van der Waals surface area (Å²) >= 11 is -0.175. The van der Waals surface area contributed by atoms with E-state index >= 15 is 0 Å². The van der Waals surface area contributed by atoms with Gasteiger partial charge < -0.3 is 9.47 Å². The van der Waals surface area contributed by atoms with E-state index in [2.05, 4.69) is 9.97 Å². The highest BCUT2D eigenvalue weighted by atomic mass is 32.2. The molecule has 0 radical (unpaired) electrons. The molecule has 3 aromatic rings. The monoisotopic (exact) mass is 378 g/mol. The maximum absolute atomic E-state index is 12.4. The topological polar surface area (TPSA) is 44.2 Å². The molecule has 0 spiro atoms. The summed E-state index contributed by atoms with van der Waals surface area (Å²) in [5.41, 5.74) is -2.97. The minimum absolute atomic E-state index is 0.0834. The van der Waals surface area contributed by atoms with E-state index in [-0.39, 0.29) is 16.7 Å². The summed E-state index contributed by atoms with van der Waals surface area (Å²) in [4.78, 5) is 8.39. The van der Waals surface area contributed by atoms with E-state index in [0.29, 0.717) is 28.5 Å². The molecule has 0 atom stereocenters. The van der Waals surface area contributed by atoms with E-state index < -0.39 is 5.51 Å². The lowest BCUT2D eigenvalue weighted by molar-refractivity contribution is -0.0328. The Morgan fingerprint density at radius 3 is 2.42 bits per heavy atom. The largest absolute Gasteiger partial charge is 0.496 e. The summed E-state index contributed by atoms with van der Waals surface area (Å²) in [6.45, 7) is 0. The van der Waals surface area contributed by atoms with Crippen LogP contribution in [0.1, 0.15) is 0 Å². The van der Waals surface area contributed by atoms with Gasteiger partial charge in [0, 0.05) is 34.6 Å². The van der Waals surface area contributed by atoms with Gasteiger partial charge in [-0.25, -0.2) is 4.98 Å². The molecule has 134 valence electrons. The molecule has 0 unspecified atom stereocenters. The maximum Gasteiger partial charge on any atom is 0.446 e. The fourth-order valence-corrected chi connectivity index (χ4v) is 2.80. The van der Waals surface area contributed by atoms with Gasteiger partial charge in [-0.1, -0.05) is 0 Å². The fraction of sp³-hybridized carbons (Fsp3) is 0.111. The second-order valence-corrected chi connectivity index (χ2v) is 6.19. The Hall–Kier alpha value is -2.74. The van der Waals surface area contributed by atoms with Crippen LogP contribution >= 0.6 is 11.8 Å². The maximum atomic E-state index is 12.4. The smallest absolute Gasteiger partial charge is 0.446 e. The molecular weight excluding hydrogens is 365 g/mol. The number of rotatable bonds is 5. The first-order valence-corrected chi connectivity index (χ1v) is 8.25. The minimum Gasteiger partial charge on any atom is -0.496 e. The highest BCUT2D eigenvalue weighted by Crippen LogP contribution is 2.39. The molecule has 0 amide bonds. The Morgan fingerprint density at radius 1 is 0.962 bits per heavy atom. The van der Waals surface area contributed by atoms with Crippen LogP contribution in [0.2, 0.25) is 0 Å². The highest BCUT2D eigenvalue weighted by molar-refractivity contribution is 8.00. The Bertz CT molecular complexity index is 886. The number of hydrogen-bond acceptors (Lipinski definition) is 5. The molecule has 2 aromatic heterocycles. The molecule has 0 bridgehead atoms. The second kappa shape index (κ2) is 7.65. The van der Waals surface area contributed by atoms with Gasteiger partial charge in [0.15, 0.2) is 0 Å². The summed E-state index contributed by atoms with van der Waals surface area (Å²) in [5.74, 6) is 1.28. The van der Waals surface area contributed by atoms with Gasteiger partial charge in [-0.2, -0.15) is 13.2 Å². The van der Waals surface area contributed by atoms with E-state index in [1.807, 2.05) is 0 Å². The Morgan fingerprint density at radius 2 is 1.73 bits per heavy atom. The third-order valence-corrected chi connectivity index (χ3v) is 4.07. The van der Waals surface area contributed by atoms with Crippen molar-refractivity contribution in [3.8, 4) is 28.5 Å². The van der Waals surface area contributed by atoms with Crippen molar-refractivity contribution in [2.75, 3.05) is 7.11 Å². The molecule has 8 heteroatoms. The summed E-state index contributed by atoms with van der Waals surface area (Å²) in [5, 5.41) is 0. The number of methoxy groups -OCH3 is 1. The molecule has 0 aliphatic carbocycles. The molecule has 26 heavy (non-hydrogen) atoms. The molecule has 2 heterocycles. The van der Waals surface area contributed by atoms with Crippen molar-refractivity contribution in [2.24, 2.45) is 0 Å². The van der Waals surface area contributed by atoms with E-state index in [0.717, 1.165) is 0 Å². The van der Waals surface area contributed by atoms with E-state index in [1.54, 1.807) is 43.9 Å². The van der Waals surface area contributed by atoms with Crippen molar-refractivity contribution in [3.63, 3.8) is 0 Å². The molecule has 0 aliphatic rings. The lowest BCUT2D eigenvalue weighted by Crippen LogP contribution is -1.98. The van der Waals surface area contributed by atoms with Gasteiger partial charge in [0.25, 0.3) is 0 Å². The van der Waals surface area contributed by atoms with E-state index in [9.17, 15) is 13.2 Å². The van der Waals surface area contributed by atoms with Crippen LogP contribution in [-0.4, -0.2) is 22.6 Å². The molecule has 1 aromatic carbocycles. The number of pyridine rings is 2. The summed E-state index contributed by atoms with van der Waals surface area (Å²) in [6.07, 6.45) is 4.80. The van der Waals surface area contributed by atoms with E-state index in [4.69, 9.17) is 9.47 Å². The number of halogens is 3. The molecule has 3 rings (SSSR count). The summed E-state index contributed by atoms with van der Waals surface area (Å²) in [7, 11) is 1.55. The van der Waals surface area contributed by atoms with Crippen LogP contribution in [0.3, 0.4) is 0 Å². The van der Waals surface area contributed by atoms with Gasteiger partial charge in [-0.15, -0.1) is 0 Å². The van der Waals surface area contributed by atoms with Crippen LogP contribution < -0.4 is 9.47 Å². The lowest BCUT2D eigenvalue weighted by Gasteiger charge is -2.12. The first kappa shape index (κ1) is 18.1. The number of alkyl halides is 3. The predicted octanol–water partition coefficient (Wildman–Crippen LogP) is 5.56. The zero-order chi connectivity index (χ0) is 18.6. The van der Waals surface area contributed by atoms with Gasteiger partial charge >= 0.3 is 5.51 Å². The van der Waals surface area contributed by atoms with E-state index in [1.165, 1.54) is 24.3 Å². The number of thioether (sulfide) groups is 1. The van der Waals surface area contributed by atoms with Crippen molar-refractivity contribution >= 4 is 11.8 Å². The number of ether oxygens (including phenoxy) is 2. The normalized spacial score (nSPS) is 11.2. The van der Waals surface area contributed by atoms with Gasteiger partial charge in [0.2, 0.25) is 5.88 Å². The fourth-order valence-electron chi connectivity index (χ4n) is 2.26. The predicted molar refractivity (Wildman–Crippen MR) is 92.4 cm³/mol. The van der Waals surface area contributed by atoms with Crippen molar-refractivity contribution < 1.29 is 22.6 Å². The van der Waals surface area contributed by atoms with Crippen LogP contribution in [0, 0.1) is 0 Å². The van der Waals surface area contributed by atoms with Gasteiger partial charge in [-0.05, 0) is 54.2 Å². The van der Waals surface area contributed by atoms with Crippen LogP contribution in [0.25, 0.3) is 11.1 Å². The highest BCUT2D eigenvalue weighted by Gasteiger charge is 2.29. The Labute approximate surface area is 152 Å². The van der Waals surface area contributed by atoms with Crippen molar-refractivity contribution in [3.05, 3.63) is 61.1 Å². The first-order chi connectivity index (χ1) is 12.5. The average molecular weight is 378 g/mol. The molecule has 0 saturated heterocycles. The number of hydrogen-bond donors (Lipinski definition) is 0. The third kappa shape index (κ3) is 4.45. The third-order valence-electron chi connectivity index (χ3n) is 3.33. The van der Waals surface area contributed by atoms with Crippen LogP contribution in [-0.2, 0) is 0 Å². The SMILES string of the molecule is COc1ccncc1-c1cccnc1Oc1ccc(SC(F)(F)F)cc1. The number of aromatic nitrogens is 2. The zero-order valence-corrected chi connectivity index (χ0v) is 14.3. The van der Waals surface area contributed by atoms with Crippen molar-refractivity contribution in [1.82, 2.24) is 9.97 Å². The van der Waals surface area contributed by atoms with Crippen molar-refractivity contribution in [1.29, 1.82) is 0 Å². The minimum atomic E-state index is -4.33. The molecule has 0 saturated carbocycles. The lowest BCUT2D eigenvalue weighted by atomic mass is 10.1. The van der Waals surface area contributed by atoms with Gasteiger partial charge in [0.1, 0.15) is 11.5 Å². The zero-order valence-electron chi connectivity index (χ0n) is 13.5. The molecular formula is C18H13F3N2O2S. The summed E-state index contributed by atoms with van der Waals surface area (Å²) in [6, 6.07) is 10.9. The standard InChI is InChI=1S/C18H13F3N2O2S/c1-24-16-8-10-22-11-15(16)14-3-2-9-23-17(14)25-12-4-6-13(7-5-12)26-18(19,20)21/h2-11H,1H3. The number of benzene rings is 1. The molecule has 0 N–H and O–H groups in total. The molecule has 4 nitrogen and oxygen atoms in total. The first-order valence-electron chi connectivity index (χ1n) is 7.43. The van der Waals surface area contributed by atoms with Crippen molar-refractivity contribution in [2.45, 2.75) is 10.4 Å². The molecule has 0 fully saturated rings. The van der Waals surface area contributed by atoms with Crippen LogP contribution in [0.5, 0.6) is 17.4 Å². The summed E-state index contributed by atoms with van der Waals surface area (Å²) < 4.78 is 48.3. The Kier molecular flexibility index (Phi) is 5.32. The number of nitrogens with zero attached hydrogens (tertiary/aromatic N) is 2. The van der Waals surface area contributed by atoms with Crippen LogP contribution in [0.15, 0.2) is 66.0 Å². The average Bonchev–Trinajstić information content (AvgIpc) is 2.63. The van der Waals surface area contributed by atoms with Gasteiger partial charge in [-0.3, -0.25) is 4.98 Å². The quantitative estimate of drug-likeness (QED) is 0.544. The Balaban J connectivity index is 1.87. The molecule has 0 aliphatic heterocycles. The van der Waals surface area contributed by atoms with Crippen LogP contribution in [0.4, 0.5) is 13.2 Å². The second-order valence-electron chi connectivity index (χ2n) is 5.05.